The van der Waals surface area contributed by atoms with E-state index in [0.717, 1.165) is 12.8 Å². The first-order chi connectivity index (χ1) is 4.16. The topological polar surface area (TPSA) is 46.2 Å². The summed E-state index contributed by atoms with van der Waals surface area (Å²) < 4.78 is 4.30. The molecule has 0 aromatic heterocycles. The molecule has 0 fully saturated rings. The third-order valence-corrected chi connectivity index (χ3v) is 0.993. The summed E-state index contributed by atoms with van der Waals surface area (Å²) in [6.07, 6.45) is 0.0264. The van der Waals surface area contributed by atoms with Crippen LogP contribution < -0.4 is 0 Å². The Bertz CT molecular complexity index is 90.3. The van der Waals surface area contributed by atoms with Crippen LogP contribution in [0.25, 0.3) is 0 Å². The lowest BCUT2D eigenvalue weighted by Gasteiger charge is -2.05. The van der Waals surface area contributed by atoms with Gasteiger partial charge in [0.2, 0.25) is 0 Å². The van der Waals surface area contributed by atoms with Gasteiger partial charge in [0, 0.05) is 0 Å². The Labute approximate surface area is 54.6 Å². The van der Waals surface area contributed by atoms with Gasteiger partial charge in [0.05, 0.1) is 0 Å². The average Bonchev–Trinajstić information content (AvgIpc) is 1.63. The minimum atomic E-state index is -1.43. The quantitative estimate of drug-likeness (QED) is 0.547. The van der Waals surface area contributed by atoms with E-state index in [9.17, 15) is 9.90 Å². The monoisotopic (exact) mass is 131 g/mol. The van der Waals surface area contributed by atoms with Gasteiger partial charge in [-0.15, -0.1) is 0 Å². The number of rotatable bonds is 3. The lowest BCUT2D eigenvalue weighted by Crippen LogP contribution is -2.10. The van der Waals surface area contributed by atoms with Crippen LogP contribution in [0.1, 0.15) is 26.7 Å². The van der Waals surface area contributed by atoms with Crippen LogP contribution in [0.3, 0.4) is 0 Å². The van der Waals surface area contributed by atoms with E-state index in [4.69, 9.17) is 0 Å². The van der Waals surface area contributed by atoms with Gasteiger partial charge >= 0.3 is 6.16 Å². The summed E-state index contributed by atoms with van der Waals surface area (Å²) in [6.45, 7) is 3.68. The van der Waals surface area contributed by atoms with Crippen LogP contribution >= 0.6 is 0 Å². The Kier molecular flexibility index (Phi) is 3.84. The minimum Gasteiger partial charge on any atom is -0.429 e. The van der Waals surface area contributed by atoms with Gasteiger partial charge in [-0.25, -0.2) is 0 Å². The Hall–Kier alpha value is -0.730. The van der Waals surface area contributed by atoms with Crippen LogP contribution in [0.5, 0.6) is 0 Å². The molecule has 0 aromatic carbocycles. The van der Waals surface area contributed by atoms with Gasteiger partial charge < -0.3 is 4.74 Å². The molecule has 0 aliphatic carbocycles. The van der Waals surface area contributed by atoms with Crippen LogP contribution in [0, 0.1) is 0 Å². The number of carbonyl (C=O) groups excluding carboxylic acids is 1. The predicted molar refractivity (Wildman–Crippen MR) is 31.5 cm³/mol. The molecule has 0 spiro atoms. The molecule has 1 radical (unpaired) electrons. The van der Waals surface area contributed by atoms with Crippen molar-refractivity contribution in [2.24, 2.45) is 0 Å². The standard InChI is InChI=1S/C6H11O3/c1-3-4-5(2)9-6(7)8/h5H,3-4H2,1-2H3. The molecule has 0 saturated heterocycles. The van der Waals surface area contributed by atoms with Crippen molar-refractivity contribution in [2.75, 3.05) is 0 Å². The maximum atomic E-state index is 9.75. The zero-order valence-electron chi connectivity index (χ0n) is 5.72. The summed E-state index contributed by atoms with van der Waals surface area (Å²) in [7, 11) is 0. The molecule has 53 valence electrons. The second kappa shape index (κ2) is 4.18. The molecular formula is C6H11O3. The van der Waals surface area contributed by atoms with E-state index < -0.39 is 6.16 Å². The smallest absolute Gasteiger partial charge is 0.429 e. The zero-order chi connectivity index (χ0) is 7.28. The van der Waals surface area contributed by atoms with Crippen LogP contribution in [0.4, 0.5) is 4.79 Å². The summed E-state index contributed by atoms with van der Waals surface area (Å²) in [5.74, 6) is 0. The number of hydrogen-bond acceptors (Lipinski definition) is 2. The summed E-state index contributed by atoms with van der Waals surface area (Å²) in [5, 5.41) is 9.75. The SMILES string of the molecule is CCCC(C)OC([O])=O. The lowest BCUT2D eigenvalue weighted by atomic mass is 10.2. The highest BCUT2D eigenvalue weighted by Crippen LogP contribution is 1.99. The summed E-state index contributed by atoms with van der Waals surface area (Å²) in [5.41, 5.74) is 0. The number of hydrogen-bond donors (Lipinski definition) is 0. The Morgan fingerprint density at radius 1 is 1.67 bits per heavy atom. The van der Waals surface area contributed by atoms with Crippen LogP contribution in [-0.2, 0) is 9.84 Å². The van der Waals surface area contributed by atoms with Crippen LogP contribution in [0.15, 0.2) is 0 Å². The maximum Gasteiger partial charge on any atom is 0.550 e. The van der Waals surface area contributed by atoms with Crippen molar-refractivity contribution in [2.45, 2.75) is 32.8 Å². The lowest BCUT2D eigenvalue weighted by molar-refractivity contribution is 0.0356. The van der Waals surface area contributed by atoms with E-state index in [2.05, 4.69) is 4.74 Å². The normalized spacial score (nSPS) is 12.7. The van der Waals surface area contributed by atoms with Gasteiger partial charge in [-0.05, 0) is 13.3 Å². The molecule has 3 heteroatoms. The highest BCUT2D eigenvalue weighted by molar-refractivity contribution is 5.56. The molecule has 0 bridgehead atoms. The molecule has 0 heterocycles. The van der Waals surface area contributed by atoms with Crippen molar-refractivity contribution in [3.8, 4) is 0 Å². The maximum absolute atomic E-state index is 9.75. The fourth-order valence-corrected chi connectivity index (χ4v) is 0.630. The molecule has 0 N–H and O–H groups in total. The van der Waals surface area contributed by atoms with Gasteiger partial charge in [0.25, 0.3) is 0 Å². The van der Waals surface area contributed by atoms with Crippen LogP contribution in [-0.4, -0.2) is 12.3 Å². The largest absolute Gasteiger partial charge is 0.550 e. The molecule has 0 amide bonds. The summed E-state index contributed by atoms with van der Waals surface area (Å²) >= 11 is 0. The van der Waals surface area contributed by atoms with Crippen molar-refractivity contribution in [3.05, 3.63) is 0 Å². The van der Waals surface area contributed by atoms with E-state index in [1.165, 1.54) is 0 Å². The average molecular weight is 131 g/mol. The Morgan fingerprint density at radius 3 is 2.56 bits per heavy atom. The minimum absolute atomic E-state index is 0.222. The first-order valence-corrected chi connectivity index (χ1v) is 3.04. The molecule has 0 saturated carbocycles. The fourth-order valence-electron chi connectivity index (χ4n) is 0.630. The second-order valence-corrected chi connectivity index (χ2v) is 1.97. The first-order valence-electron chi connectivity index (χ1n) is 3.04. The van der Waals surface area contributed by atoms with Gasteiger partial charge in [0.1, 0.15) is 6.10 Å². The number of carbonyl (C=O) groups is 1. The molecule has 1 unspecified atom stereocenters. The van der Waals surface area contributed by atoms with Gasteiger partial charge in [-0.3, -0.25) is 0 Å². The van der Waals surface area contributed by atoms with Crippen molar-refractivity contribution in [1.29, 1.82) is 0 Å². The van der Waals surface area contributed by atoms with Crippen LogP contribution in [0.2, 0.25) is 0 Å². The van der Waals surface area contributed by atoms with Crippen molar-refractivity contribution < 1.29 is 14.6 Å². The van der Waals surface area contributed by atoms with Crippen molar-refractivity contribution in [3.63, 3.8) is 0 Å². The van der Waals surface area contributed by atoms with E-state index in [1.54, 1.807) is 6.92 Å². The zero-order valence-corrected chi connectivity index (χ0v) is 5.72. The van der Waals surface area contributed by atoms with Crippen molar-refractivity contribution >= 4 is 6.16 Å². The molecule has 3 nitrogen and oxygen atoms in total. The molecule has 1 atom stereocenters. The third-order valence-electron chi connectivity index (χ3n) is 0.993. The van der Waals surface area contributed by atoms with E-state index in [1.807, 2.05) is 6.92 Å². The molecule has 0 aromatic rings. The third kappa shape index (κ3) is 5.14. The first kappa shape index (κ1) is 8.27. The van der Waals surface area contributed by atoms with E-state index >= 15 is 0 Å². The summed E-state index contributed by atoms with van der Waals surface area (Å²) in [6, 6.07) is 0. The van der Waals surface area contributed by atoms with Crippen molar-refractivity contribution in [1.82, 2.24) is 0 Å². The highest BCUT2D eigenvalue weighted by Gasteiger charge is 2.06. The highest BCUT2D eigenvalue weighted by atomic mass is 16.7. The van der Waals surface area contributed by atoms with Gasteiger partial charge in [-0.2, -0.15) is 9.90 Å². The number of ether oxygens (including phenoxy) is 1. The van der Waals surface area contributed by atoms with E-state index in [-0.39, 0.29) is 6.10 Å². The Balaban J connectivity index is 3.26. The predicted octanol–water partition coefficient (Wildman–Crippen LogP) is 1.74. The molecule has 0 aliphatic heterocycles. The molecular weight excluding hydrogens is 120 g/mol. The van der Waals surface area contributed by atoms with E-state index in [0.29, 0.717) is 0 Å². The molecule has 0 rings (SSSR count). The Morgan fingerprint density at radius 2 is 2.22 bits per heavy atom. The van der Waals surface area contributed by atoms with Gasteiger partial charge in [-0.1, -0.05) is 13.3 Å². The molecule has 9 heavy (non-hydrogen) atoms. The summed E-state index contributed by atoms with van der Waals surface area (Å²) in [4.78, 5) is 9.75. The van der Waals surface area contributed by atoms with Gasteiger partial charge in [0.15, 0.2) is 0 Å². The fraction of sp³-hybridized carbons (Fsp3) is 0.833. The second-order valence-electron chi connectivity index (χ2n) is 1.97. The molecule has 0 aliphatic rings.